The van der Waals surface area contributed by atoms with Gasteiger partial charge in [-0.25, -0.2) is 4.39 Å². The van der Waals surface area contributed by atoms with Gasteiger partial charge in [0, 0.05) is 27.4 Å². The molecule has 1 atom stereocenters. The van der Waals surface area contributed by atoms with E-state index in [4.69, 9.17) is 9.47 Å². The number of methoxy groups -OCH3 is 1. The van der Waals surface area contributed by atoms with Gasteiger partial charge in [-0.3, -0.25) is 9.59 Å². The van der Waals surface area contributed by atoms with Gasteiger partial charge in [0.05, 0.1) is 0 Å². The molecule has 0 spiro atoms. The third kappa shape index (κ3) is 5.07. The zero-order chi connectivity index (χ0) is 16.0. The molecule has 0 radical (unpaired) electrons. The van der Waals surface area contributed by atoms with Gasteiger partial charge in [0.25, 0.3) is 0 Å². The van der Waals surface area contributed by atoms with Crippen molar-refractivity contribution in [3.05, 3.63) is 35.6 Å². The second kappa shape index (κ2) is 7.08. The lowest BCUT2D eigenvalue weighted by molar-refractivity contribution is -0.208. The van der Waals surface area contributed by atoms with E-state index in [0.29, 0.717) is 5.56 Å². The number of carbonyl (C=O) groups excluding carboxylic acids is 3. The van der Waals surface area contributed by atoms with Crippen LogP contribution in [-0.4, -0.2) is 30.9 Å². The molecular weight excluding hydrogens is 279 g/mol. The second-order valence-corrected chi connectivity index (χ2v) is 4.91. The van der Waals surface area contributed by atoms with Crippen molar-refractivity contribution in [2.24, 2.45) is 5.92 Å². The molecule has 0 saturated carbocycles. The maximum absolute atomic E-state index is 12.8. The smallest absolute Gasteiger partial charge is 0.326 e. The fourth-order valence-corrected chi connectivity index (χ4v) is 1.52. The zero-order valence-corrected chi connectivity index (χ0v) is 12.1. The molecule has 21 heavy (non-hydrogen) atoms. The fraction of sp³-hybridized carbons (Fsp3) is 0.400. The maximum atomic E-state index is 12.8. The summed E-state index contributed by atoms with van der Waals surface area (Å²) in [4.78, 5) is 34.8. The summed E-state index contributed by atoms with van der Waals surface area (Å²) in [7, 11) is 1.34. The molecule has 0 bridgehead atoms. The van der Waals surface area contributed by atoms with E-state index in [1.807, 2.05) is 0 Å². The first-order valence-electron chi connectivity index (χ1n) is 6.29. The van der Waals surface area contributed by atoms with Gasteiger partial charge in [0.1, 0.15) is 12.1 Å². The summed E-state index contributed by atoms with van der Waals surface area (Å²) in [5, 5.41) is 0. The van der Waals surface area contributed by atoms with E-state index < -0.39 is 29.3 Å². The molecule has 0 fully saturated rings. The first kappa shape index (κ1) is 17.0. The molecule has 1 unspecified atom stereocenters. The highest BCUT2D eigenvalue weighted by Crippen LogP contribution is 2.14. The Morgan fingerprint density at radius 1 is 1.29 bits per heavy atom. The third-order valence-corrected chi connectivity index (χ3v) is 2.87. The summed E-state index contributed by atoms with van der Waals surface area (Å²) in [6, 6.07) is 5.23. The quantitative estimate of drug-likeness (QED) is 0.331. The van der Waals surface area contributed by atoms with E-state index in [-0.39, 0.29) is 12.7 Å². The zero-order valence-electron chi connectivity index (χ0n) is 12.1. The minimum Gasteiger partial charge on any atom is -0.433 e. The number of ketones is 1. The topological polar surface area (TPSA) is 69.7 Å². The molecule has 1 rings (SSSR count). The Bertz CT molecular complexity index is 521. The highest BCUT2D eigenvalue weighted by Gasteiger charge is 2.32. The van der Waals surface area contributed by atoms with E-state index >= 15 is 0 Å². The molecule has 1 aromatic rings. The van der Waals surface area contributed by atoms with Crippen molar-refractivity contribution >= 4 is 18.0 Å². The molecule has 0 heterocycles. The lowest BCUT2D eigenvalue weighted by Gasteiger charge is -2.24. The molecule has 0 aliphatic rings. The van der Waals surface area contributed by atoms with Gasteiger partial charge in [0.15, 0.2) is 11.7 Å². The van der Waals surface area contributed by atoms with E-state index in [2.05, 4.69) is 0 Å². The lowest BCUT2D eigenvalue weighted by atomic mass is 9.99. The van der Waals surface area contributed by atoms with E-state index in [0.717, 1.165) is 0 Å². The summed E-state index contributed by atoms with van der Waals surface area (Å²) < 4.78 is 22.6. The first-order valence-corrected chi connectivity index (χ1v) is 6.29. The van der Waals surface area contributed by atoms with Gasteiger partial charge in [-0.15, -0.1) is 0 Å². The molecular formula is C15H17FO5. The van der Waals surface area contributed by atoms with Crippen LogP contribution in [0.2, 0.25) is 0 Å². The van der Waals surface area contributed by atoms with Crippen LogP contribution in [0.15, 0.2) is 24.3 Å². The molecule has 0 amide bonds. The van der Waals surface area contributed by atoms with E-state index in [9.17, 15) is 18.8 Å². The lowest BCUT2D eigenvalue weighted by Crippen LogP contribution is -2.37. The Kier molecular flexibility index (Phi) is 5.72. The summed E-state index contributed by atoms with van der Waals surface area (Å²) in [5.41, 5.74) is 0.507. The number of halogens is 1. The van der Waals surface area contributed by atoms with Crippen molar-refractivity contribution in [1.82, 2.24) is 0 Å². The molecule has 5 nitrogen and oxygen atoms in total. The largest absolute Gasteiger partial charge is 0.433 e. The minimum atomic E-state index is -1.52. The van der Waals surface area contributed by atoms with Crippen LogP contribution in [0.25, 0.3) is 0 Å². The molecule has 0 aliphatic carbocycles. The Labute approximate surface area is 122 Å². The summed E-state index contributed by atoms with van der Waals surface area (Å²) in [6.45, 7) is 2.97. The number of aldehydes is 1. The van der Waals surface area contributed by atoms with Crippen LogP contribution in [0.3, 0.4) is 0 Å². The Morgan fingerprint density at radius 3 is 2.33 bits per heavy atom. The number of esters is 1. The normalized spacial score (nSPS) is 12.6. The van der Waals surface area contributed by atoms with Gasteiger partial charge in [-0.1, -0.05) is 12.1 Å². The van der Waals surface area contributed by atoms with Crippen LogP contribution in [0.1, 0.15) is 19.4 Å². The van der Waals surface area contributed by atoms with E-state index in [1.54, 1.807) is 0 Å². The number of hydrogen-bond acceptors (Lipinski definition) is 5. The highest BCUT2D eigenvalue weighted by atomic mass is 19.1. The number of ether oxygens (including phenoxy) is 2. The Hall–Kier alpha value is -2.08. The van der Waals surface area contributed by atoms with Crippen LogP contribution in [0.5, 0.6) is 0 Å². The number of benzene rings is 1. The van der Waals surface area contributed by atoms with Crippen molar-refractivity contribution in [1.29, 1.82) is 0 Å². The Morgan fingerprint density at radius 2 is 1.86 bits per heavy atom. The summed E-state index contributed by atoms with van der Waals surface area (Å²) in [6.07, 6.45) is 0.0755. The molecule has 6 heteroatoms. The van der Waals surface area contributed by atoms with Gasteiger partial charge in [-0.2, -0.15) is 0 Å². The van der Waals surface area contributed by atoms with Crippen LogP contribution in [-0.2, 0) is 30.3 Å². The SMILES string of the molecule is COC(C)(C)OC(=O)C(C=O)C(=O)Cc1ccc(F)cc1. The molecule has 0 aromatic heterocycles. The first-order chi connectivity index (χ1) is 9.79. The number of rotatable bonds is 7. The monoisotopic (exact) mass is 296 g/mol. The summed E-state index contributed by atoms with van der Waals surface area (Å²) in [5.74, 6) is -4.77. The molecule has 0 N–H and O–H groups in total. The highest BCUT2D eigenvalue weighted by molar-refractivity contribution is 6.11. The second-order valence-electron chi connectivity index (χ2n) is 4.91. The number of Topliss-reactive ketones (excluding diaryl/α,β-unsaturated/α-hetero) is 1. The van der Waals surface area contributed by atoms with E-state index in [1.165, 1.54) is 45.2 Å². The Balaban J connectivity index is 2.75. The number of carbonyl (C=O) groups is 3. The predicted molar refractivity (Wildman–Crippen MR) is 71.8 cm³/mol. The minimum absolute atomic E-state index is 0.161. The van der Waals surface area contributed by atoms with Gasteiger partial charge in [0.2, 0.25) is 5.79 Å². The van der Waals surface area contributed by atoms with Crippen molar-refractivity contribution in [2.45, 2.75) is 26.1 Å². The third-order valence-electron chi connectivity index (χ3n) is 2.87. The predicted octanol–water partition coefficient (Wildman–Crippen LogP) is 1.68. The van der Waals surface area contributed by atoms with Gasteiger partial charge in [-0.05, 0) is 17.7 Å². The summed E-state index contributed by atoms with van der Waals surface area (Å²) >= 11 is 0. The van der Waals surface area contributed by atoms with Crippen LogP contribution < -0.4 is 0 Å². The van der Waals surface area contributed by atoms with Gasteiger partial charge >= 0.3 is 5.97 Å². The molecule has 0 aliphatic heterocycles. The molecule has 0 saturated heterocycles. The fourth-order valence-electron chi connectivity index (χ4n) is 1.52. The molecule has 1 aromatic carbocycles. The van der Waals surface area contributed by atoms with Crippen LogP contribution in [0, 0.1) is 11.7 Å². The average molecular weight is 296 g/mol. The maximum Gasteiger partial charge on any atom is 0.326 e. The standard InChI is InChI=1S/C15H17FO5/c1-15(2,20-3)21-14(19)12(9-17)13(18)8-10-4-6-11(16)7-5-10/h4-7,9,12H,8H2,1-3H3. The average Bonchev–Trinajstić information content (AvgIpc) is 2.41. The van der Waals surface area contributed by atoms with Gasteiger partial charge < -0.3 is 14.3 Å². The van der Waals surface area contributed by atoms with Crippen molar-refractivity contribution in [3.63, 3.8) is 0 Å². The van der Waals surface area contributed by atoms with Crippen molar-refractivity contribution in [2.75, 3.05) is 7.11 Å². The van der Waals surface area contributed by atoms with Crippen molar-refractivity contribution in [3.8, 4) is 0 Å². The molecule has 114 valence electrons. The van der Waals surface area contributed by atoms with Crippen LogP contribution >= 0.6 is 0 Å². The number of hydrogen-bond donors (Lipinski definition) is 0. The van der Waals surface area contributed by atoms with Crippen LogP contribution in [0.4, 0.5) is 4.39 Å². The van der Waals surface area contributed by atoms with Crippen molar-refractivity contribution < 1.29 is 28.2 Å².